The Morgan fingerprint density at radius 1 is 1.23 bits per heavy atom. The van der Waals surface area contributed by atoms with Crippen molar-refractivity contribution in [1.82, 2.24) is 15.0 Å². The van der Waals surface area contributed by atoms with Crippen LogP contribution in [0.15, 0.2) is 24.3 Å². The monoisotopic (exact) mass is 316 g/mol. The molecule has 1 aromatic heterocycles. The van der Waals surface area contributed by atoms with Crippen molar-refractivity contribution < 1.29 is 23.4 Å². The van der Waals surface area contributed by atoms with Crippen LogP contribution in [0.1, 0.15) is 11.3 Å². The van der Waals surface area contributed by atoms with Crippen LogP contribution in [0.2, 0.25) is 0 Å². The third-order valence-electron chi connectivity index (χ3n) is 3.08. The molecule has 1 atom stereocenters. The molecule has 0 aliphatic heterocycles. The molecule has 6 nitrogen and oxygen atoms in total. The number of nitrogens with two attached hydrogens (primary N) is 1. The quantitative estimate of drug-likeness (QED) is 0.757. The van der Waals surface area contributed by atoms with E-state index in [1.807, 2.05) is 0 Å². The number of rotatable bonds is 5. The average molecular weight is 316 g/mol. The van der Waals surface area contributed by atoms with Gasteiger partial charge in [0.15, 0.2) is 0 Å². The van der Waals surface area contributed by atoms with Crippen LogP contribution in [-0.4, -0.2) is 37.9 Å². The molecule has 0 bridgehead atoms. The minimum absolute atomic E-state index is 0.0418. The molecule has 4 N–H and O–H groups in total. The smallest absolute Gasteiger partial charge is 0.394 e. The van der Waals surface area contributed by atoms with E-state index < -0.39 is 24.5 Å². The highest BCUT2D eigenvalue weighted by molar-refractivity contribution is 5.62. The van der Waals surface area contributed by atoms with Crippen molar-refractivity contribution >= 4 is 0 Å². The molecule has 0 amide bonds. The molecule has 22 heavy (non-hydrogen) atoms. The van der Waals surface area contributed by atoms with E-state index in [0.29, 0.717) is 17.0 Å². The van der Waals surface area contributed by atoms with Crippen molar-refractivity contribution in [3.63, 3.8) is 0 Å². The Balaban J connectivity index is 2.40. The van der Waals surface area contributed by atoms with Crippen molar-refractivity contribution in [3.8, 4) is 11.3 Å². The molecule has 1 heterocycles. The highest BCUT2D eigenvalue weighted by atomic mass is 19.4. The molecule has 0 radical (unpaired) electrons. The van der Waals surface area contributed by atoms with Gasteiger partial charge in [0, 0.05) is 12.1 Å². The van der Waals surface area contributed by atoms with Crippen LogP contribution in [0.25, 0.3) is 11.3 Å². The SMILES string of the molecule is NCc1nnn(CC(O)CO)c1-c1ccc(C(F)(F)F)cc1. The fourth-order valence-corrected chi connectivity index (χ4v) is 2.00. The zero-order valence-electron chi connectivity index (χ0n) is 11.5. The average Bonchev–Trinajstić information content (AvgIpc) is 2.89. The maximum Gasteiger partial charge on any atom is 0.416 e. The highest BCUT2D eigenvalue weighted by Gasteiger charge is 2.30. The number of alkyl halides is 3. The zero-order valence-corrected chi connectivity index (χ0v) is 11.5. The van der Waals surface area contributed by atoms with E-state index in [9.17, 15) is 18.3 Å². The van der Waals surface area contributed by atoms with Gasteiger partial charge in [-0.05, 0) is 12.1 Å². The van der Waals surface area contributed by atoms with Gasteiger partial charge in [0.05, 0.1) is 30.5 Å². The lowest BCUT2D eigenvalue weighted by molar-refractivity contribution is -0.137. The molecule has 2 rings (SSSR count). The first-order chi connectivity index (χ1) is 10.4. The van der Waals surface area contributed by atoms with Crippen molar-refractivity contribution in [2.75, 3.05) is 6.61 Å². The van der Waals surface area contributed by atoms with Crippen molar-refractivity contribution in [1.29, 1.82) is 0 Å². The van der Waals surface area contributed by atoms with E-state index in [4.69, 9.17) is 10.8 Å². The van der Waals surface area contributed by atoms with E-state index in [1.54, 1.807) is 0 Å². The van der Waals surface area contributed by atoms with Gasteiger partial charge in [-0.25, -0.2) is 4.68 Å². The lowest BCUT2D eigenvalue weighted by Gasteiger charge is -2.12. The van der Waals surface area contributed by atoms with Crippen LogP contribution in [-0.2, 0) is 19.3 Å². The molecule has 2 aromatic rings. The van der Waals surface area contributed by atoms with Crippen LogP contribution in [0.5, 0.6) is 0 Å². The Labute approximate surface area is 124 Å². The molecular formula is C13H15F3N4O2. The molecule has 0 saturated carbocycles. The third-order valence-corrected chi connectivity index (χ3v) is 3.08. The maximum atomic E-state index is 12.6. The number of halogens is 3. The molecule has 1 aromatic carbocycles. The molecule has 120 valence electrons. The van der Waals surface area contributed by atoms with E-state index in [1.165, 1.54) is 16.8 Å². The fourth-order valence-electron chi connectivity index (χ4n) is 2.00. The second kappa shape index (κ2) is 6.42. The maximum absolute atomic E-state index is 12.6. The van der Waals surface area contributed by atoms with Crippen LogP contribution in [0.4, 0.5) is 13.2 Å². The van der Waals surface area contributed by atoms with Gasteiger partial charge in [-0.15, -0.1) is 5.10 Å². The van der Waals surface area contributed by atoms with Crippen molar-refractivity contribution in [3.05, 3.63) is 35.5 Å². The highest BCUT2D eigenvalue weighted by Crippen LogP contribution is 2.31. The second-order valence-corrected chi connectivity index (χ2v) is 4.68. The number of aliphatic hydroxyl groups is 2. The topological polar surface area (TPSA) is 97.2 Å². The first-order valence-electron chi connectivity index (χ1n) is 6.45. The summed E-state index contributed by atoms with van der Waals surface area (Å²) in [6.45, 7) is -0.463. The summed E-state index contributed by atoms with van der Waals surface area (Å²) in [6, 6.07) is 4.50. The Hall–Kier alpha value is -1.97. The van der Waals surface area contributed by atoms with E-state index >= 15 is 0 Å². The fraction of sp³-hybridized carbons (Fsp3) is 0.385. The van der Waals surface area contributed by atoms with Crippen molar-refractivity contribution in [2.24, 2.45) is 5.73 Å². The van der Waals surface area contributed by atoms with Gasteiger partial charge < -0.3 is 15.9 Å². The number of aliphatic hydroxyl groups excluding tert-OH is 2. The first kappa shape index (κ1) is 16.4. The summed E-state index contributed by atoms with van der Waals surface area (Å²) in [4.78, 5) is 0. The van der Waals surface area contributed by atoms with E-state index in [0.717, 1.165) is 12.1 Å². The molecule has 0 aliphatic carbocycles. The van der Waals surface area contributed by atoms with Gasteiger partial charge in [0.25, 0.3) is 0 Å². The number of hydrogen-bond donors (Lipinski definition) is 3. The number of aromatic nitrogens is 3. The van der Waals surface area contributed by atoms with Crippen molar-refractivity contribution in [2.45, 2.75) is 25.4 Å². The Morgan fingerprint density at radius 2 is 1.86 bits per heavy atom. The zero-order chi connectivity index (χ0) is 16.3. The molecule has 0 fully saturated rings. The van der Waals surface area contributed by atoms with Gasteiger partial charge in [0.2, 0.25) is 0 Å². The summed E-state index contributed by atoms with van der Waals surface area (Å²) >= 11 is 0. The van der Waals surface area contributed by atoms with Crippen LogP contribution in [0.3, 0.4) is 0 Å². The lowest BCUT2D eigenvalue weighted by Crippen LogP contribution is -2.21. The van der Waals surface area contributed by atoms with Crippen LogP contribution < -0.4 is 5.73 Å². The molecule has 0 saturated heterocycles. The summed E-state index contributed by atoms with van der Waals surface area (Å²) in [5.41, 5.74) is 6.05. The number of benzene rings is 1. The third kappa shape index (κ3) is 3.43. The summed E-state index contributed by atoms with van der Waals surface area (Å²) in [5, 5.41) is 26.0. The van der Waals surface area contributed by atoms with Crippen LogP contribution >= 0.6 is 0 Å². The first-order valence-corrected chi connectivity index (χ1v) is 6.45. The van der Waals surface area contributed by atoms with E-state index in [-0.39, 0.29) is 13.1 Å². The second-order valence-electron chi connectivity index (χ2n) is 4.68. The number of nitrogens with zero attached hydrogens (tertiary/aromatic N) is 3. The molecule has 0 spiro atoms. The predicted molar refractivity (Wildman–Crippen MR) is 71.4 cm³/mol. The summed E-state index contributed by atoms with van der Waals surface area (Å²) < 4.78 is 39.1. The summed E-state index contributed by atoms with van der Waals surface area (Å²) in [7, 11) is 0. The predicted octanol–water partition coefficient (Wildman–Crippen LogP) is 0.776. The minimum atomic E-state index is -4.42. The van der Waals surface area contributed by atoms with Crippen LogP contribution in [0, 0.1) is 0 Å². The minimum Gasteiger partial charge on any atom is -0.394 e. The summed E-state index contributed by atoms with van der Waals surface area (Å²) in [5.74, 6) is 0. The lowest BCUT2D eigenvalue weighted by atomic mass is 10.1. The van der Waals surface area contributed by atoms with Gasteiger partial charge in [-0.2, -0.15) is 13.2 Å². The normalized spacial score (nSPS) is 13.4. The molecule has 1 unspecified atom stereocenters. The van der Waals surface area contributed by atoms with Gasteiger partial charge in [-0.3, -0.25) is 0 Å². The number of hydrogen-bond acceptors (Lipinski definition) is 5. The molecule has 0 aliphatic rings. The molecule has 9 heteroatoms. The Morgan fingerprint density at radius 3 is 2.36 bits per heavy atom. The van der Waals surface area contributed by atoms with Gasteiger partial charge >= 0.3 is 6.18 Å². The van der Waals surface area contributed by atoms with Gasteiger partial charge in [-0.1, -0.05) is 17.3 Å². The standard InChI is InChI=1S/C13H15F3N4O2/c14-13(15,16)9-3-1-8(2-4-9)12-11(5-17)18-19-20(12)6-10(22)7-21/h1-4,10,21-22H,5-7,17H2. The van der Waals surface area contributed by atoms with Gasteiger partial charge in [0.1, 0.15) is 5.69 Å². The summed E-state index contributed by atoms with van der Waals surface area (Å²) in [6.07, 6.45) is -5.47. The Kier molecular flexibility index (Phi) is 4.79. The largest absolute Gasteiger partial charge is 0.416 e. The van der Waals surface area contributed by atoms with E-state index in [2.05, 4.69) is 10.3 Å². The Bertz CT molecular complexity index is 625. The molecular weight excluding hydrogens is 301 g/mol.